The van der Waals surface area contributed by atoms with Crippen molar-refractivity contribution < 1.29 is 4.79 Å². The van der Waals surface area contributed by atoms with Gasteiger partial charge in [-0.25, -0.2) is 0 Å². The molecule has 4 heteroatoms. The van der Waals surface area contributed by atoms with Crippen LogP contribution in [0.25, 0.3) is 10.9 Å². The van der Waals surface area contributed by atoms with Crippen LogP contribution in [0.4, 0.5) is 0 Å². The third kappa shape index (κ3) is 2.65. The number of aryl methyl sites for hydroxylation is 2. The summed E-state index contributed by atoms with van der Waals surface area (Å²) in [4.78, 5) is 19.0. The van der Waals surface area contributed by atoms with Crippen LogP contribution in [0.5, 0.6) is 0 Å². The maximum absolute atomic E-state index is 12.5. The van der Waals surface area contributed by atoms with Crippen molar-refractivity contribution in [2.75, 3.05) is 13.1 Å². The monoisotopic (exact) mass is 338 g/mol. The van der Waals surface area contributed by atoms with Gasteiger partial charge in [0, 0.05) is 35.6 Å². The number of hydrogen-bond donors (Lipinski definition) is 1. The molecule has 1 amide bonds. The van der Waals surface area contributed by atoms with Gasteiger partial charge < -0.3 is 9.88 Å². The number of nitrogens with one attached hydrogen (secondary N) is 1. The SMILES string of the molecule is Cc1ccc2[nH]c(C3CCN(C(=O)c4cccs4)CC3)c(C)c2c1. The maximum Gasteiger partial charge on any atom is 0.263 e. The summed E-state index contributed by atoms with van der Waals surface area (Å²) >= 11 is 1.53. The van der Waals surface area contributed by atoms with E-state index >= 15 is 0 Å². The van der Waals surface area contributed by atoms with E-state index < -0.39 is 0 Å². The van der Waals surface area contributed by atoms with E-state index in [9.17, 15) is 4.79 Å². The number of rotatable bonds is 2. The number of nitrogens with zero attached hydrogens (tertiary/aromatic N) is 1. The molecule has 3 aromatic rings. The van der Waals surface area contributed by atoms with Gasteiger partial charge in [-0.05, 0) is 55.8 Å². The highest BCUT2D eigenvalue weighted by Crippen LogP contribution is 2.34. The number of aromatic amines is 1. The smallest absolute Gasteiger partial charge is 0.263 e. The first-order valence-electron chi connectivity index (χ1n) is 8.55. The van der Waals surface area contributed by atoms with Gasteiger partial charge in [-0.15, -0.1) is 11.3 Å². The highest BCUT2D eigenvalue weighted by atomic mass is 32.1. The largest absolute Gasteiger partial charge is 0.358 e. The van der Waals surface area contributed by atoms with Crippen LogP contribution >= 0.6 is 11.3 Å². The number of aromatic nitrogens is 1. The van der Waals surface area contributed by atoms with Crippen molar-refractivity contribution >= 4 is 28.1 Å². The Morgan fingerprint density at radius 3 is 2.71 bits per heavy atom. The second kappa shape index (κ2) is 6.10. The minimum Gasteiger partial charge on any atom is -0.358 e. The number of thiophene rings is 1. The van der Waals surface area contributed by atoms with Crippen LogP contribution in [0.2, 0.25) is 0 Å². The number of piperidine rings is 1. The molecule has 3 heterocycles. The molecule has 1 aliphatic rings. The molecule has 2 aromatic heterocycles. The van der Waals surface area contributed by atoms with E-state index in [4.69, 9.17) is 0 Å². The van der Waals surface area contributed by atoms with Crippen molar-refractivity contribution in [2.24, 2.45) is 0 Å². The predicted molar refractivity (Wildman–Crippen MR) is 100.0 cm³/mol. The molecule has 4 rings (SSSR count). The van der Waals surface area contributed by atoms with E-state index in [1.165, 1.54) is 39.1 Å². The van der Waals surface area contributed by atoms with Crippen molar-refractivity contribution in [3.05, 3.63) is 57.4 Å². The van der Waals surface area contributed by atoms with Crippen molar-refractivity contribution in [1.82, 2.24) is 9.88 Å². The molecule has 0 unspecified atom stereocenters. The summed E-state index contributed by atoms with van der Waals surface area (Å²) in [5, 5.41) is 3.30. The van der Waals surface area contributed by atoms with Gasteiger partial charge in [0.15, 0.2) is 0 Å². The number of fused-ring (bicyclic) bond motifs is 1. The van der Waals surface area contributed by atoms with Gasteiger partial charge in [0.05, 0.1) is 4.88 Å². The Morgan fingerprint density at radius 1 is 1.21 bits per heavy atom. The summed E-state index contributed by atoms with van der Waals surface area (Å²) in [5.74, 6) is 0.706. The fraction of sp³-hybridized carbons (Fsp3) is 0.350. The Labute approximate surface area is 146 Å². The predicted octanol–water partition coefficient (Wildman–Crippen LogP) is 4.87. The van der Waals surface area contributed by atoms with Crippen LogP contribution in [-0.2, 0) is 0 Å². The lowest BCUT2D eigenvalue weighted by molar-refractivity contribution is 0.0717. The zero-order valence-corrected chi connectivity index (χ0v) is 15.0. The molecule has 1 aromatic carbocycles. The van der Waals surface area contributed by atoms with Crippen molar-refractivity contribution in [1.29, 1.82) is 0 Å². The summed E-state index contributed by atoms with van der Waals surface area (Å²) in [6.07, 6.45) is 2.06. The van der Waals surface area contributed by atoms with Crippen LogP contribution < -0.4 is 0 Å². The number of carbonyl (C=O) groups excluding carboxylic acids is 1. The van der Waals surface area contributed by atoms with Gasteiger partial charge in [-0.2, -0.15) is 0 Å². The lowest BCUT2D eigenvalue weighted by Crippen LogP contribution is -2.37. The first-order chi connectivity index (χ1) is 11.6. The van der Waals surface area contributed by atoms with E-state index in [0.29, 0.717) is 5.92 Å². The van der Waals surface area contributed by atoms with Gasteiger partial charge in [0.1, 0.15) is 0 Å². The van der Waals surface area contributed by atoms with E-state index in [1.54, 1.807) is 0 Å². The Bertz CT molecular complexity index is 871. The zero-order valence-electron chi connectivity index (χ0n) is 14.1. The fourth-order valence-corrected chi connectivity index (χ4v) is 4.49. The Hall–Kier alpha value is -2.07. The molecule has 0 saturated carbocycles. The lowest BCUT2D eigenvalue weighted by Gasteiger charge is -2.31. The van der Waals surface area contributed by atoms with E-state index in [-0.39, 0.29) is 5.91 Å². The highest BCUT2D eigenvalue weighted by Gasteiger charge is 2.27. The average Bonchev–Trinajstić information content (AvgIpc) is 3.24. The molecule has 0 spiro atoms. The number of hydrogen-bond acceptors (Lipinski definition) is 2. The highest BCUT2D eigenvalue weighted by molar-refractivity contribution is 7.12. The Morgan fingerprint density at radius 2 is 2.00 bits per heavy atom. The number of H-pyrrole nitrogens is 1. The summed E-state index contributed by atoms with van der Waals surface area (Å²) in [5.41, 5.74) is 5.26. The number of amides is 1. The molecule has 124 valence electrons. The molecule has 3 nitrogen and oxygen atoms in total. The third-order valence-corrected chi connectivity index (χ3v) is 6.03. The van der Waals surface area contributed by atoms with Gasteiger partial charge >= 0.3 is 0 Å². The van der Waals surface area contributed by atoms with Gasteiger partial charge in [0.2, 0.25) is 0 Å². The number of likely N-dealkylation sites (tertiary alicyclic amines) is 1. The number of benzene rings is 1. The molecule has 1 saturated heterocycles. The molecule has 1 aliphatic heterocycles. The van der Waals surface area contributed by atoms with Gasteiger partial charge in [0.25, 0.3) is 5.91 Å². The van der Waals surface area contributed by atoms with Crippen LogP contribution in [-0.4, -0.2) is 28.9 Å². The van der Waals surface area contributed by atoms with E-state index in [0.717, 1.165) is 30.8 Å². The van der Waals surface area contributed by atoms with Gasteiger partial charge in [-0.1, -0.05) is 17.7 Å². The molecule has 0 bridgehead atoms. The van der Waals surface area contributed by atoms with Crippen molar-refractivity contribution in [3.63, 3.8) is 0 Å². The standard InChI is InChI=1S/C20H22N2OS/c1-13-5-6-17-16(12-13)14(2)19(21-17)15-7-9-22(10-8-15)20(23)18-4-3-11-24-18/h3-6,11-12,15,21H,7-10H2,1-2H3. The van der Waals surface area contributed by atoms with Crippen LogP contribution in [0.3, 0.4) is 0 Å². The second-order valence-corrected chi connectivity index (χ2v) is 7.70. The number of carbonyl (C=O) groups is 1. The molecule has 1 N–H and O–H groups in total. The van der Waals surface area contributed by atoms with Crippen LogP contribution in [0, 0.1) is 13.8 Å². The minimum atomic E-state index is 0.187. The lowest BCUT2D eigenvalue weighted by atomic mass is 9.91. The van der Waals surface area contributed by atoms with Crippen LogP contribution in [0.15, 0.2) is 35.7 Å². The molecule has 0 atom stereocenters. The topological polar surface area (TPSA) is 36.1 Å². The van der Waals surface area contributed by atoms with E-state index in [2.05, 4.69) is 37.0 Å². The molecule has 0 aliphatic carbocycles. The average molecular weight is 338 g/mol. The molecule has 1 fully saturated rings. The normalized spacial score (nSPS) is 16.0. The Kier molecular flexibility index (Phi) is 3.93. The van der Waals surface area contributed by atoms with Crippen LogP contribution in [0.1, 0.15) is 45.3 Å². The molecular weight excluding hydrogens is 316 g/mol. The van der Waals surface area contributed by atoms with E-state index in [1.807, 2.05) is 22.4 Å². The fourth-order valence-electron chi connectivity index (χ4n) is 3.80. The molecule has 24 heavy (non-hydrogen) atoms. The summed E-state index contributed by atoms with van der Waals surface area (Å²) in [7, 11) is 0. The summed E-state index contributed by atoms with van der Waals surface area (Å²) < 4.78 is 0. The first kappa shape index (κ1) is 15.5. The Balaban J connectivity index is 1.52. The van der Waals surface area contributed by atoms with Crippen molar-refractivity contribution in [3.8, 4) is 0 Å². The second-order valence-electron chi connectivity index (χ2n) is 6.76. The quantitative estimate of drug-likeness (QED) is 0.711. The minimum absolute atomic E-state index is 0.187. The summed E-state index contributed by atoms with van der Waals surface area (Å²) in [6.45, 7) is 6.04. The van der Waals surface area contributed by atoms with Crippen molar-refractivity contribution in [2.45, 2.75) is 32.6 Å². The summed E-state index contributed by atoms with van der Waals surface area (Å²) in [6, 6.07) is 10.5. The maximum atomic E-state index is 12.5. The molecule has 0 radical (unpaired) electrons. The molecular formula is C20H22N2OS. The zero-order chi connectivity index (χ0) is 16.7. The first-order valence-corrected chi connectivity index (χ1v) is 9.43. The van der Waals surface area contributed by atoms with Gasteiger partial charge in [-0.3, -0.25) is 4.79 Å². The third-order valence-electron chi connectivity index (χ3n) is 5.17.